The molecule has 2 aromatic heterocycles. The second-order valence-electron chi connectivity index (χ2n) is 8.54. The molecule has 0 saturated heterocycles. The van der Waals surface area contributed by atoms with Gasteiger partial charge in [-0.2, -0.15) is 8.42 Å². The molecule has 0 spiro atoms. The molecule has 1 amide bonds. The van der Waals surface area contributed by atoms with Crippen LogP contribution in [0.1, 0.15) is 21.5 Å². The van der Waals surface area contributed by atoms with E-state index >= 15 is 0 Å². The lowest BCUT2D eigenvalue weighted by Gasteiger charge is -2.16. The van der Waals surface area contributed by atoms with Crippen LogP contribution in [0.3, 0.4) is 0 Å². The number of carbonyl (C=O) groups excluding carboxylic acids is 1. The summed E-state index contributed by atoms with van der Waals surface area (Å²) in [7, 11) is 1.21. The molecule has 9 nitrogen and oxygen atoms in total. The van der Waals surface area contributed by atoms with E-state index in [9.17, 15) is 13.2 Å². The minimum atomic E-state index is -4.24. The number of carbonyl (C=O) groups is 1. The van der Waals surface area contributed by atoms with Crippen molar-refractivity contribution in [3.8, 4) is 22.8 Å². The van der Waals surface area contributed by atoms with Gasteiger partial charge in [0.25, 0.3) is 5.91 Å². The summed E-state index contributed by atoms with van der Waals surface area (Å²) in [5.41, 5.74) is 4.16. The van der Waals surface area contributed by atoms with Crippen LogP contribution in [0.25, 0.3) is 22.2 Å². The van der Waals surface area contributed by atoms with Crippen molar-refractivity contribution in [2.24, 2.45) is 0 Å². The van der Waals surface area contributed by atoms with Crippen LogP contribution in [0, 0.1) is 0 Å². The molecule has 0 aliphatic carbocycles. The van der Waals surface area contributed by atoms with E-state index in [-0.39, 0.29) is 29.0 Å². The topological polar surface area (TPSA) is 114 Å². The number of pyridine rings is 1. The third kappa shape index (κ3) is 4.22. The Kier molecular flexibility index (Phi) is 5.70. The average molecular weight is 493 g/mol. The number of methoxy groups -OCH3 is 1. The summed E-state index contributed by atoms with van der Waals surface area (Å²) in [5, 5.41) is 3.54. The van der Waals surface area contributed by atoms with Crippen molar-refractivity contribution in [1.82, 2.24) is 20.2 Å². The Bertz CT molecular complexity index is 1550. The van der Waals surface area contributed by atoms with Gasteiger partial charge in [0, 0.05) is 47.0 Å². The van der Waals surface area contributed by atoms with Gasteiger partial charge in [0.05, 0.1) is 12.7 Å². The van der Waals surface area contributed by atoms with Crippen LogP contribution < -0.4 is 14.2 Å². The number of hydrogen-bond donors (Lipinski definition) is 2. The van der Waals surface area contributed by atoms with Gasteiger partial charge in [-0.3, -0.25) is 4.79 Å². The molecule has 1 aliphatic rings. The Morgan fingerprint density at radius 1 is 1.11 bits per heavy atom. The molecule has 1 aliphatic heterocycles. The zero-order chi connectivity index (χ0) is 24.7. The highest BCUT2D eigenvalue weighted by Crippen LogP contribution is 2.43. The van der Waals surface area contributed by atoms with Crippen LogP contribution in [0.5, 0.6) is 11.5 Å². The number of nitrogens with one attached hydrogen (secondary N) is 2. The number of aromatic nitrogens is 2. The van der Waals surface area contributed by atoms with Gasteiger partial charge in [-0.05, 0) is 56.1 Å². The molecule has 3 heterocycles. The molecule has 4 aromatic rings. The minimum Gasteiger partial charge on any atom is -0.493 e. The first-order valence-electron chi connectivity index (χ1n) is 10.9. The zero-order valence-electron chi connectivity index (χ0n) is 19.5. The van der Waals surface area contributed by atoms with E-state index in [1.54, 1.807) is 18.2 Å². The number of aromatic amines is 1. The van der Waals surface area contributed by atoms with Gasteiger partial charge in [0.15, 0.2) is 16.5 Å². The summed E-state index contributed by atoms with van der Waals surface area (Å²) < 4.78 is 36.8. The monoisotopic (exact) mass is 492 g/mol. The molecule has 0 bridgehead atoms. The first-order valence-corrected chi connectivity index (χ1v) is 12.3. The maximum atomic E-state index is 12.9. The van der Waals surface area contributed by atoms with Crippen LogP contribution in [-0.2, 0) is 23.2 Å². The molecule has 35 heavy (non-hydrogen) atoms. The Hall–Kier alpha value is -3.89. The summed E-state index contributed by atoms with van der Waals surface area (Å²) in [6, 6.07) is 14.3. The van der Waals surface area contributed by atoms with Crippen molar-refractivity contribution in [2.45, 2.75) is 18.1 Å². The van der Waals surface area contributed by atoms with Gasteiger partial charge >= 0.3 is 10.1 Å². The molecule has 10 heteroatoms. The molecule has 0 fully saturated rings. The fourth-order valence-corrected chi connectivity index (χ4v) is 5.19. The van der Waals surface area contributed by atoms with Crippen molar-refractivity contribution in [3.05, 3.63) is 71.4 Å². The summed E-state index contributed by atoms with van der Waals surface area (Å²) in [4.78, 5) is 22.2. The Labute approximate surface area is 202 Å². The van der Waals surface area contributed by atoms with Gasteiger partial charge in [-0.15, -0.1) is 0 Å². The maximum Gasteiger partial charge on any atom is 0.357 e. The van der Waals surface area contributed by atoms with Crippen LogP contribution >= 0.6 is 0 Å². The van der Waals surface area contributed by atoms with E-state index in [0.29, 0.717) is 22.4 Å². The Morgan fingerprint density at radius 3 is 2.66 bits per heavy atom. The van der Waals surface area contributed by atoms with Gasteiger partial charge in [-0.25, -0.2) is 4.98 Å². The average Bonchev–Trinajstić information content (AvgIpc) is 3.43. The first kappa shape index (κ1) is 22.9. The molecule has 2 aromatic carbocycles. The number of rotatable bonds is 7. The number of fused-ring (bicyclic) bond motifs is 2. The number of benzene rings is 2. The van der Waals surface area contributed by atoms with E-state index in [4.69, 9.17) is 8.92 Å². The van der Waals surface area contributed by atoms with Crippen LogP contribution in [0.4, 0.5) is 0 Å². The van der Waals surface area contributed by atoms with Gasteiger partial charge in [0.2, 0.25) is 0 Å². The lowest BCUT2D eigenvalue weighted by molar-refractivity contribution is 0.0966. The highest BCUT2D eigenvalue weighted by molar-refractivity contribution is 7.87. The van der Waals surface area contributed by atoms with E-state index < -0.39 is 10.1 Å². The van der Waals surface area contributed by atoms with Crippen molar-refractivity contribution in [2.75, 3.05) is 21.2 Å². The lowest BCUT2D eigenvalue weighted by atomic mass is 9.98. The molecule has 2 N–H and O–H groups in total. The number of amides is 1. The molecule has 0 radical (unpaired) electrons. The normalized spacial score (nSPS) is 13.2. The second kappa shape index (κ2) is 8.71. The minimum absolute atomic E-state index is 0.0281. The number of nitrogens with zero attached hydrogens (tertiary/aromatic N) is 2. The third-order valence-electron chi connectivity index (χ3n) is 5.78. The van der Waals surface area contributed by atoms with E-state index in [2.05, 4.69) is 32.3 Å². The molecule has 0 atom stereocenters. The summed E-state index contributed by atoms with van der Waals surface area (Å²) >= 11 is 0. The maximum absolute atomic E-state index is 12.9. The molecule has 0 unspecified atom stereocenters. The standard InChI is InChI=1S/C25H24N4O5S/c1-29(2)14-15-7-8-19-16(10-15)11-20(28-19)17-12-21(33-3)24(18-13-27-25(30)23(17)18)34-35(31,32)22-6-4-5-9-26-22/h4-12,28H,13-14H2,1-3H3,(H,27,30). The van der Waals surface area contributed by atoms with Gasteiger partial charge in [-0.1, -0.05) is 12.1 Å². The van der Waals surface area contributed by atoms with Crippen molar-refractivity contribution in [3.63, 3.8) is 0 Å². The number of hydrogen-bond acceptors (Lipinski definition) is 7. The predicted octanol–water partition coefficient (Wildman–Crippen LogP) is 3.31. The van der Waals surface area contributed by atoms with Crippen LogP contribution in [0.2, 0.25) is 0 Å². The predicted molar refractivity (Wildman–Crippen MR) is 131 cm³/mol. The van der Waals surface area contributed by atoms with E-state index in [0.717, 1.165) is 23.0 Å². The van der Waals surface area contributed by atoms with Crippen LogP contribution in [-0.4, -0.2) is 50.4 Å². The summed E-state index contributed by atoms with van der Waals surface area (Å²) in [6.45, 7) is 0.914. The Morgan fingerprint density at radius 2 is 1.94 bits per heavy atom. The third-order valence-corrected chi connectivity index (χ3v) is 6.92. The van der Waals surface area contributed by atoms with Crippen molar-refractivity contribution in [1.29, 1.82) is 0 Å². The fourth-order valence-electron chi connectivity index (χ4n) is 4.27. The number of H-pyrrole nitrogens is 1. The summed E-state index contributed by atoms with van der Waals surface area (Å²) in [5.74, 6) is -0.147. The molecular weight excluding hydrogens is 468 g/mol. The van der Waals surface area contributed by atoms with E-state index in [1.165, 1.54) is 19.4 Å². The highest BCUT2D eigenvalue weighted by Gasteiger charge is 2.33. The van der Waals surface area contributed by atoms with Gasteiger partial charge in [0.1, 0.15) is 0 Å². The Balaban J connectivity index is 1.63. The van der Waals surface area contributed by atoms with Crippen molar-refractivity contribution >= 4 is 26.9 Å². The summed E-state index contributed by atoms with van der Waals surface area (Å²) in [6.07, 6.45) is 1.37. The smallest absolute Gasteiger partial charge is 0.357 e. The number of ether oxygens (including phenoxy) is 1. The van der Waals surface area contributed by atoms with E-state index in [1.807, 2.05) is 26.2 Å². The molecule has 180 valence electrons. The first-order chi connectivity index (χ1) is 16.8. The largest absolute Gasteiger partial charge is 0.493 e. The highest BCUT2D eigenvalue weighted by atomic mass is 32.2. The second-order valence-corrected chi connectivity index (χ2v) is 10.0. The molecular formula is C25H24N4O5S. The lowest BCUT2D eigenvalue weighted by Crippen LogP contribution is -2.13. The quantitative estimate of drug-likeness (QED) is 0.381. The zero-order valence-corrected chi connectivity index (χ0v) is 20.3. The molecule has 0 saturated carbocycles. The van der Waals surface area contributed by atoms with Gasteiger partial charge < -0.3 is 24.1 Å². The SMILES string of the molecule is COc1cc(-c2cc3cc(CN(C)C)ccc3[nH]2)c2c(c1OS(=O)(=O)c1ccccn1)CNC2=O. The van der Waals surface area contributed by atoms with Crippen molar-refractivity contribution < 1.29 is 22.1 Å². The fraction of sp³-hybridized carbons (Fsp3) is 0.200. The van der Waals surface area contributed by atoms with Crippen LogP contribution in [0.15, 0.2) is 59.8 Å². The molecule has 5 rings (SSSR count).